The highest BCUT2D eigenvalue weighted by Gasteiger charge is 2.13. The number of benzene rings is 3. The van der Waals surface area contributed by atoms with E-state index in [1.54, 1.807) is 6.21 Å². The van der Waals surface area contributed by atoms with Crippen molar-refractivity contribution < 1.29 is 14.3 Å². The van der Waals surface area contributed by atoms with E-state index in [0.29, 0.717) is 29.7 Å². The van der Waals surface area contributed by atoms with Gasteiger partial charge in [0.25, 0.3) is 5.91 Å². The molecular formula is C28H25BrClN3O3S2. The fraction of sp³-hybridized carbons (Fsp3) is 0.179. The van der Waals surface area contributed by atoms with Crippen molar-refractivity contribution in [1.29, 1.82) is 0 Å². The lowest BCUT2D eigenvalue weighted by Crippen LogP contribution is -2.19. The third-order valence-corrected chi connectivity index (χ3v) is 8.18. The van der Waals surface area contributed by atoms with Crippen LogP contribution in [0.3, 0.4) is 0 Å². The van der Waals surface area contributed by atoms with Gasteiger partial charge in [0.05, 0.1) is 28.7 Å². The zero-order chi connectivity index (χ0) is 26.9. The Balaban J connectivity index is 1.33. The van der Waals surface area contributed by atoms with Crippen molar-refractivity contribution in [2.45, 2.75) is 24.8 Å². The van der Waals surface area contributed by atoms with Crippen LogP contribution in [0.2, 0.25) is 5.02 Å². The van der Waals surface area contributed by atoms with E-state index < -0.39 is 0 Å². The van der Waals surface area contributed by atoms with Gasteiger partial charge in [-0.2, -0.15) is 5.10 Å². The molecule has 10 heteroatoms. The van der Waals surface area contributed by atoms with Crippen molar-refractivity contribution in [1.82, 2.24) is 10.4 Å². The highest BCUT2D eigenvalue weighted by Crippen LogP contribution is 2.37. The molecule has 0 aliphatic carbocycles. The molecule has 0 radical (unpaired) electrons. The van der Waals surface area contributed by atoms with Crippen molar-refractivity contribution in [3.8, 4) is 22.8 Å². The van der Waals surface area contributed by atoms with Crippen LogP contribution in [-0.4, -0.2) is 29.5 Å². The Bertz CT molecular complexity index is 1430. The summed E-state index contributed by atoms with van der Waals surface area (Å²) in [5.74, 6) is 1.19. The lowest BCUT2D eigenvalue weighted by atomic mass is 10.1. The van der Waals surface area contributed by atoms with Crippen molar-refractivity contribution in [3.63, 3.8) is 0 Å². The Kier molecular flexibility index (Phi) is 10.2. The average molecular weight is 631 g/mol. The molecule has 0 fully saturated rings. The maximum atomic E-state index is 12.3. The van der Waals surface area contributed by atoms with Crippen LogP contribution in [0.5, 0.6) is 11.5 Å². The number of carbonyl (C=O) groups excluding carboxylic acids is 1. The van der Waals surface area contributed by atoms with Gasteiger partial charge >= 0.3 is 0 Å². The first-order valence-electron chi connectivity index (χ1n) is 11.7. The monoisotopic (exact) mass is 629 g/mol. The molecule has 0 saturated heterocycles. The predicted molar refractivity (Wildman–Crippen MR) is 160 cm³/mol. The number of nitrogens with one attached hydrogen (secondary N) is 1. The van der Waals surface area contributed by atoms with Crippen LogP contribution in [-0.2, 0) is 11.4 Å². The highest BCUT2D eigenvalue weighted by molar-refractivity contribution is 9.10. The molecule has 1 N–H and O–H groups in total. The van der Waals surface area contributed by atoms with Gasteiger partial charge in [0.15, 0.2) is 15.8 Å². The molecule has 0 atom stereocenters. The van der Waals surface area contributed by atoms with E-state index in [9.17, 15) is 4.79 Å². The van der Waals surface area contributed by atoms with Crippen molar-refractivity contribution in [3.05, 3.63) is 92.2 Å². The van der Waals surface area contributed by atoms with Crippen LogP contribution in [0, 0.1) is 6.92 Å². The third kappa shape index (κ3) is 7.83. The van der Waals surface area contributed by atoms with Gasteiger partial charge < -0.3 is 9.47 Å². The van der Waals surface area contributed by atoms with Crippen LogP contribution >= 0.6 is 50.6 Å². The Hall–Kier alpha value is -2.85. The summed E-state index contributed by atoms with van der Waals surface area (Å²) in [6.45, 7) is 4.88. The van der Waals surface area contributed by atoms with E-state index in [2.05, 4.69) is 44.4 Å². The summed E-state index contributed by atoms with van der Waals surface area (Å²) in [5, 5.41) is 6.75. The largest absolute Gasteiger partial charge is 0.490 e. The molecule has 0 bridgehead atoms. The maximum absolute atomic E-state index is 12.3. The number of hydrogen-bond donors (Lipinski definition) is 1. The zero-order valence-electron chi connectivity index (χ0n) is 20.7. The van der Waals surface area contributed by atoms with Crippen LogP contribution in [0.15, 0.2) is 80.0 Å². The number of aromatic nitrogens is 1. The Morgan fingerprint density at radius 3 is 2.74 bits per heavy atom. The smallest absolute Gasteiger partial charge is 0.250 e. The summed E-state index contributed by atoms with van der Waals surface area (Å²) in [6, 6.07) is 19.3. The van der Waals surface area contributed by atoms with Gasteiger partial charge in [0, 0.05) is 16.0 Å². The Morgan fingerprint density at radius 1 is 1.18 bits per heavy atom. The topological polar surface area (TPSA) is 72.8 Å². The van der Waals surface area contributed by atoms with Gasteiger partial charge in [-0.25, -0.2) is 10.4 Å². The predicted octanol–water partition coefficient (Wildman–Crippen LogP) is 7.75. The minimum atomic E-state index is -0.225. The second-order valence-corrected chi connectivity index (χ2v) is 11.4. The van der Waals surface area contributed by atoms with Gasteiger partial charge in [-0.1, -0.05) is 59.8 Å². The molecular weight excluding hydrogens is 606 g/mol. The molecule has 1 amide bonds. The molecule has 6 nitrogen and oxygen atoms in total. The third-order valence-electron chi connectivity index (χ3n) is 5.32. The average Bonchev–Trinajstić information content (AvgIpc) is 3.38. The van der Waals surface area contributed by atoms with Crippen molar-refractivity contribution in [2.75, 3.05) is 12.4 Å². The number of hydrogen-bond acceptors (Lipinski definition) is 7. The number of hydrazone groups is 1. The van der Waals surface area contributed by atoms with Gasteiger partial charge in [0.2, 0.25) is 0 Å². The number of amides is 1. The molecule has 0 aliphatic rings. The lowest BCUT2D eigenvalue weighted by molar-refractivity contribution is -0.118. The van der Waals surface area contributed by atoms with Crippen LogP contribution in [0.1, 0.15) is 23.6 Å². The molecule has 0 unspecified atom stereocenters. The fourth-order valence-electron chi connectivity index (χ4n) is 3.40. The number of aryl methyl sites for hydroxylation is 1. The second-order valence-electron chi connectivity index (χ2n) is 8.07. The summed E-state index contributed by atoms with van der Waals surface area (Å²) < 4.78 is 13.4. The number of nitrogens with zero attached hydrogens (tertiary/aromatic N) is 2. The zero-order valence-corrected chi connectivity index (χ0v) is 24.7. The fourth-order valence-corrected chi connectivity index (χ4v) is 5.73. The Labute approximate surface area is 243 Å². The number of thioether (sulfide) groups is 1. The second kappa shape index (κ2) is 13.8. The summed E-state index contributed by atoms with van der Waals surface area (Å²) >= 11 is 12.4. The summed E-state index contributed by atoms with van der Waals surface area (Å²) in [4.78, 5) is 16.9. The minimum Gasteiger partial charge on any atom is -0.490 e. The summed E-state index contributed by atoms with van der Waals surface area (Å²) in [7, 11) is 0. The molecule has 0 saturated carbocycles. The van der Waals surface area contributed by atoms with E-state index in [-0.39, 0.29) is 11.7 Å². The number of ether oxygens (including phenoxy) is 2. The van der Waals surface area contributed by atoms with Crippen molar-refractivity contribution >= 4 is 62.8 Å². The first kappa shape index (κ1) is 28.2. The maximum Gasteiger partial charge on any atom is 0.250 e. The molecule has 0 aliphatic heterocycles. The standard InChI is InChI=1S/C28H25BrClN3O3S2/c1-3-35-25-13-19(12-23(29)27(25)36-15-21-7-5-4-6-18(21)2)14-31-33-26(34)17-38-28-32-24(16-37-28)20-8-10-22(30)11-9-20/h4-14,16H,3,15,17H2,1-2H3,(H,33,34)/b31-14+. The normalized spacial score (nSPS) is 11.1. The van der Waals surface area contributed by atoms with E-state index in [1.165, 1.54) is 23.1 Å². The van der Waals surface area contributed by atoms with E-state index in [4.69, 9.17) is 21.1 Å². The Morgan fingerprint density at radius 2 is 1.97 bits per heavy atom. The van der Waals surface area contributed by atoms with E-state index >= 15 is 0 Å². The van der Waals surface area contributed by atoms with Gasteiger partial charge in [-0.3, -0.25) is 4.79 Å². The lowest BCUT2D eigenvalue weighted by Gasteiger charge is -2.15. The SMILES string of the molecule is CCOc1cc(/C=N/NC(=O)CSc2nc(-c3ccc(Cl)cc3)cs2)cc(Br)c1OCc1ccccc1C. The highest BCUT2D eigenvalue weighted by atomic mass is 79.9. The first-order chi connectivity index (χ1) is 18.4. The molecule has 196 valence electrons. The molecule has 38 heavy (non-hydrogen) atoms. The minimum absolute atomic E-state index is 0.199. The number of carbonyl (C=O) groups is 1. The number of thiazole rings is 1. The number of halogens is 2. The van der Waals surface area contributed by atoms with Crippen LogP contribution < -0.4 is 14.9 Å². The summed E-state index contributed by atoms with van der Waals surface area (Å²) in [5.41, 5.74) is 7.43. The van der Waals surface area contributed by atoms with Crippen LogP contribution in [0.25, 0.3) is 11.3 Å². The molecule has 3 aromatic carbocycles. The van der Waals surface area contributed by atoms with Gasteiger partial charge in [-0.15, -0.1) is 11.3 Å². The molecule has 4 rings (SSSR count). The molecule has 1 aromatic heterocycles. The van der Waals surface area contributed by atoms with Gasteiger partial charge in [0.1, 0.15) is 6.61 Å². The molecule has 4 aromatic rings. The first-order valence-corrected chi connectivity index (χ1v) is 14.8. The quantitative estimate of drug-likeness (QED) is 0.104. The molecule has 0 spiro atoms. The van der Waals surface area contributed by atoms with E-state index in [1.807, 2.05) is 66.9 Å². The van der Waals surface area contributed by atoms with E-state index in [0.717, 1.165) is 36.8 Å². The molecule has 1 heterocycles. The van der Waals surface area contributed by atoms with Crippen LogP contribution in [0.4, 0.5) is 0 Å². The number of rotatable bonds is 11. The van der Waals surface area contributed by atoms with Crippen molar-refractivity contribution in [2.24, 2.45) is 5.10 Å². The van der Waals surface area contributed by atoms with Gasteiger partial charge in [-0.05, 0) is 70.7 Å². The summed E-state index contributed by atoms with van der Waals surface area (Å²) in [6.07, 6.45) is 1.57.